The van der Waals surface area contributed by atoms with Gasteiger partial charge in [0.2, 0.25) is 5.82 Å². The van der Waals surface area contributed by atoms with Crippen molar-refractivity contribution >= 4 is 11.6 Å². The molecule has 3 rings (SSSR count). The molecule has 2 aromatic heterocycles. The molecule has 1 aromatic carbocycles. The quantitative estimate of drug-likeness (QED) is 0.711. The normalized spacial score (nSPS) is 10.8. The average molecular weight is 261 g/mol. The first-order valence-corrected chi connectivity index (χ1v) is 5.72. The molecule has 0 radical (unpaired) electrons. The van der Waals surface area contributed by atoms with Gasteiger partial charge >= 0.3 is 0 Å². The van der Waals surface area contributed by atoms with Gasteiger partial charge in [0.25, 0.3) is 0 Å². The topological polar surface area (TPSA) is 56.7 Å². The van der Waals surface area contributed by atoms with Crippen LogP contribution in [0.3, 0.4) is 0 Å². The summed E-state index contributed by atoms with van der Waals surface area (Å²) in [5, 5.41) is 12.9. The molecule has 6 heteroatoms. The predicted octanol–water partition coefficient (Wildman–Crippen LogP) is 2.88. The van der Waals surface area contributed by atoms with E-state index in [4.69, 9.17) is 16.0 Å². The predicted molar refractivity (Wildman–Crippen MR) is 66.6 cm³/mol. The van der Waals surface area contributed by atoms with Gasteiger partial charge in [-0.3, -0.25) is 0 Å². The molecule has 0 amide bonds. The van der Waals surface area contributed by atoms with E-state index in [0.29, 0.717) is 16.6 Å². The number of aryl methyl sites for hydroxylation is 1. The van der Waals surface area contributed by atoms with E-state index < -0.39 is 0 Å². The fourth-order valence-corrected chi connectivity index (χ4v) is 1.89. The Morgan fingerprint density at radius 3 is 2.89 bits per heavy atom. The monoisotopic (exact) mass is 260 g/mol. The molecule has 2 heterocycles. The van der Waals surface area contributed by atoms with E-state index in [2.05, 4.69) is 15.4 Å². The Labute approximate surface area is 108 Å². The Balaban J connectivity index is 2.03. The fraction of sp³-hybridized carbons (Fsp3) is 0.0833. The van der Waals surface area contributed by atoms with Crippen molar-refractivity contribution in [2.45, 2.75) is 6.92 Å². The minimum absolute atomic E-state index is 0.453. The summed E-state index contributed by atoms with van der Waals surface area (Å²) in [7, 11) is 0. The highest BCUT2D eigenvalue weighted by molar-refractivity contribution is 6.30. The third kappa shape index (κ3) is 1.89. The van der Waals surface area contributed by atoms with Gasteiger partial charge in [-0.05, 0) is 48.0 Å². The van der Waals surface area contributed by atoms with Crippen LogP contribution in [0.4, 0.5) is 0 Å². The van der Waals surface area contributed by atoms with Gasteiger partial charge in [0.05, 0.1) is 12.0 Å². The highest BCUT2D eigenvalue weighted by atomic mass is 35.5. The molecule has 0 aliphatic carbocycles. The molecule has 0 bridgehead atoms. The van der Waals surface area contributed by atoms with Crippen LogP contribution in [0.1, 0.15) is 5.56 Å². The first-order chi connectivity index (χ1) is 8.74. The van der Waals surface area contributed by atoms with Gasteiger partial charge in [-0.1, -0.05) is 11.6 Å². The second-order valence-electron chi connectivity index (χ2n) is 3.81. The first-order valence-electron chi connectivity index (χ1n) is 5.34. The summed E-state index contributed by atoms with van der Waals surface area (Å²) in [6, 6.07) is 9.07. The number of hydrogen-bond donors (Lipinski definition) is 0. The SMILES string of the molecule is Cc1cc(Cl)ccc1-n1nnc(-c2ccco2)n1. The number of aromatic nitrogens is 4. The van der Waals surface area contributed by atoms with Gasteiger partial charge < -0.3 is 4.42 Å². The van der Waals surface area contributed by atoms with Crippen molar-refractivity contribution in [1.29, 1.82) is 0 Å². The maximum Gasteiger partial charge on any atom is 0.240 e. The van der Waals surface area contributed by atoms with E-state index in [9.17, 15) is 0 Å². The molecule has 0 atom stereocenters. The summed E-state index contributed by atoms with van der Waals surface area (Å²) in [6.45, 7) is 1.94. The zero-order valence-electron chi connectivity index (χ0n) is 9.54. The minimum atomic E-state index is 0.453. The molecular weight excluding hydrogens is 252 g/mol. The molecule has 18 heavy (non-hydrogen) atoms. The number of furan rings is 1. The van der Waals surface area contributed by atoms with E-state index in [1.165, 1.54) is 4.80 Å². The summed E-state index contributed by atoms with van der Waals surface area (Å²) < 4.78 is 5.22. The Kier molecular flexibility index (Phi) is 2.60. The largest absolute Gasteiger partial charge is 0.461 e. The van der Waals surface area contributed by atoms with Crippen LogP contribution in [-0.4, -0.2) is 20.2 Å². The number of nitrogens with zero attached hydrogens (tertiary/aromatic N) is 4. The second-order valence-corrected chi connectivity index (χ2v) is 4.25. The summed E-state index contributed by atoms with van der Waals surface area (Å²) >= 11 is 5.91. The van der Waals surface area contributed by atoms with Crippen LogP contribution < -0.4 is 0 Å². The molecule has 0 aliphatic heterocycles. The van der Waals surface area contributed by atoms with Crippen molar-refractivity contribution in [2.75, 3.05) is 0 Å². The van der Waals surface area contributed by atoms with Crippen molar-refractivity contribution in [1.82, 2.24) is 20.2 Å². The average Bonchev–Trinajstić information content (AvgIpc) is 2.99. The lowest BCUT2D eigenvalue weighted by molar-refractivity contribution is 0.577. The van der Waals surface area contributed by atoms with Crippen molar-refractivity contribution in [2.24, 2.45) is 0 Å². The summed E-state index contributed by atoms with van der Waals surface area (Å²) in [4.78, 5) is 1.46. The molecule has 90 valence electrons. The van der Waals surface area contributed by atoms with Crippen molar-refractivity contribution in [3.8, 4) is 17.3 Å². The summed E-state index contributed by atoms with van der Waals surface area (Å²) in [6.07, 6.45) is 1.57. The van der Waals surface area contributed by atoms with Crippen LogP contribution in [-0.2, 0) is 0 Å². The highest BCUT2D eigenvalue weighted by Crippen LogP contribution is 2.19. The maximum atomic E-state index is 5.91. The molecule has 0 N–H and O–H groups in total. The van der Waals surface area contributed by atoms with Gasteiger partial charge in [-0.25, -0.2) is 0 Å². The molecule has 0 saturated carbocycles. The summed E-state index contributed by atoms with van der Waals surface area (Å²) in [5.41, 5.74) is 1.82. The third-order valence-electron chi connectivity index (χ3n) is 2.53. The van der Waals surface area contributed by atoms with Gasteiger partial charge in [0, 0.05) is 5.02 Å². The fourth-order valence-electron chi connectivity index (χ4n) is 1.66. The van der Waals surface area contributed by atoms with Crippen molar-refractivity contribution in [3.05, 3.63) is 47.2 Å². The minimum Gasteiger partial charge on any atom is -0.461 e. The molecule has 0 fully saturated rings. The number of halogens is 1. The van der Waals surface area contributed by atoms with Crippen LogP contribution in [0.2, 0.25) is 5.02 Å². The van der Waals surface area contributed by atoms with Crippen LogP contribution in [0, 0.1) is 6.92 Å². The number of rotatable bonds is 2. The van der Waals surface area contributed by atoms with Gasteiger partial charge in [-0.15, -0.1) is 15.0 Å². The smallest absolute Gasteiger partial charge is 0.240 e. The Bertz CT molecular complexity index is 675. The molecule has 3 aromatic rings. The molecule has 5 nitrogen and oxygen atoms in total. The number of tetrazole rings is 1. The molecular formula is C12H9ClN4O. The Hall–Kier alpha value is -2.14. The van der Waals surface area contributed by atoms with Crippen LogP contribution in [0.25, 0.3) is 17.3 Å². The number of hydrogen-bond acceptors (Lipinski definition) is 4. The Morgan fingerprint density at radius 1 is 1.28 bits per heavy atom. The second kappa shape index (κ2) is 4.27. The zero-order valence-corrected chi connectivity index (χ0v) is 10.3. The van der Waals surface area contributed by atoms with Crippen molar-refractivity contribution in [3.63, 3.8) is 0 Å². The Morgan fingerprint density at radius 2 is 2.17 bits per heavy atom. The van der Waals surface area contributed by atoms with E-state index in [-0.39, 0.29) is 0 Å². The molecule has 0 aliphatic rings. The standard InChI is InChI=1S/C12H9ClN4O/c1-8-7-9(13)4-5-10(8)17-15-12(14-16-17)11-3-2-6-18-11/h2-7H,1H3. The molecule has 0 spiro atoms. The molecule has 0 saturated heterocycles. The lowest BCUT2D eigenvalue weighted by Gasteiger charge is -2.02. The van der Waals surface area contributed by atoms with Crippen LogP contribution in [0.15, 0.2) is 41.0 Å². The lowest BCUT2D eigenvalue weighted by Crippen LogP contribution is -2.01. The van der Waals surface area contributed by atoms with E-state index in [0.717, 1.165) is 11.3 Å². The maximum absolute atomic E-state index is 5.91. The van der Waals surface area contributed by atoms with E-state index in [1.807, 2.05) is 19.1 Å². The van der Waals surface area contributed by atoms with E-state index in [1.54, 1.807) is 24.5 Å². The first kappa shape index (κ1) is 11.0. The van der Waals surface area contributed by atoms with Crippen LogP contribution in [0.5, 0.6) is 0 Å². The van der Waals surface area contributed by atoms with E-state index >= 15 is 0 Å². The lowest BCUT2D eigenvalue weighted by atomic mass is 10.2. The van der Waals surface area contributed by atoms with Gasteiger partial charge in [-0.2, -0.15) is 0 Å². The highest BCUT2D eigenvalue weighted by Gasteiger charge is 2.10. The van der Waals surface area contributed by atoms with Crippen LogP contribution >= 0.6 is 11.6 Å². The zero-order chi connectivity index (χ0) is 12.5. The third-order valence-corrected chi connectivity index (χ3v) is 2.76. The van der Waals surface area contributed by atoms with Crippen molar-refractivity contribution < 1.29 is 4.42 Å². The molecule has 0 unspecified atom stereocenters. The summed E-state index contributed by atoms with van der Waals surface area (Å²) in [5.74, 6) is 1.04. The van der Waals surface area contributed by atoms with Gasteiger partial charge in [0.1, 0.15) is 0 Å². The number of benzene rings is 1. The van der Waals surface area contributed by atoms with Gasteiger partial charge in [0.15, 0.2) is 5.76 Å².